The van der Waals surface area contributed by atoms with E-state index in [9.17, 15) is 4.79 Å². The lowest BCUT2D eigenvalue weighted by atomic mass is 10.1. The zero-order chi connectivity index (χ0) is 14.9. The van der Waals surface area contributed by atoms with Gasteiger partial charge in [0.05, 0.1) is 0 Å². The number of carbonyl (C=O) groups excluding carboxylic acids is 1. The zero-order valence-electron chi connectivity index (χ0n) is 13.5. The Morgan fingerprint density at radius 2 is 1.20 bits per heavy atom. The average molecular weight is 281 g/mol. The molecule has 0 aliphatic rings. The van der Waals surface area contributed by atoms with Crippen LogP contribution in [-0.4, -0.2) is 5.91 Å². The van der Waals surface area contributed by atoms with Gasteiger partial charge in [0.2, 0.25) is 5.91 Å². The molecule has 0 bridgehead atoms. The van der Waals surface area contributed by atoms with Gasteiger partial charge in [0.25, 0.3) is 0 Å². The molecule has 2 nitrogen and oxygen atoms in total. The molecule has 0 atom stereocenters. The van der Waals surface area contributed by atoms with Crippen LogP contribution in [0.25, 0.3) is 0 Å². The molecule has 1 amide bonds. The van der Waals surface area contributed by atoms with Crippen molar-refractivity contribution in [2.24, 2.45) is 5.73 Å². The molecule has 0 aromatic heterocycles. The second-order valence-corrected chi connectivity index (χ2v) is 5.80. The zero-order valence-corrected chi connectivity index (χ0v) is 13.5. The monoisotopic (exact) mass is 281 g/mol. The van der Waals surface area contributed by atoms with Gasteiger partial charge in [0, 0.05) is 6.42 Å². The Bertz CT molecular complexity index is 236. The molecule has 0 rings (SSSR count). The number of hydrogen-bond acceptors (Lipinski definition) is 1. The van der Waals surface area contributed by atoms with Crippen molar-refractivity contribution in [2.75, 3.05) is 0 Å². The van der Waals surface area contributed by atoms with Crippen molar-refractivity contribution in [1.82, 2.24) is 0 Å². The number of hydrogen-bond donors (Lipinski definition) is 1. The maximum Gasteiger partial charge on any atom is 0.217 e. The predicted octanol–water partition coefficient (Wildman–Crippen LogP) is 5.51. The fourth-order valence-electron chi connectivity index (χ4n) is 2.37. The molecule has 118 valence electrons. The van der Waals surface area contributed by atoms with E-state index in [1.54, 1.807) is 0 Å². The maximum absolute atomic E-state index is 10.5. The van der Waals surface area contributed by atoms with E-state index in [2.05, 4.69) is 19.1 Å². The fourth-order valence-corrected chi connectivity index (χ4v) is 2.37. The SMILES string of the molecule is CCCCCCCCC/C=C/CCCCCCC(N)=O. The summed E-state index contributed by atoms with van der Waals surface area (Å²) >= 11 is 0. The minimum absolute atomic E-state index is 0.167. The molecule has 0 radical (unpaired) electrons. The molecule has 2 heteroatoms. The summed E-state index contributed by atoms with van der Waals surface area (Å²) in [6.45, 7) is 2.27. The Morgan fingerprint density at radius 1 is 0.750 bits per heavy atom. The number of allylic oxidation sites excluding steroid dienone is 2. The van der Waals surface area contributed by atoms with Crippen molar-refractivity contribution < 1.29 is 4.79 Å². The smallest absolute Gasteiger partial charge is 0.217 e. The maximum atomic E-state index is 10.5. The Hall–Kier alpha value is -0.790. The normalized spacial score (nSPS) is 11.2. The van der Waals surface area contributed by atoms with E-state index in [0.29, 0.717) is 6.42 Å². The van der Waals surface area contributed by atoms with Crippen molar-refractivity contribution in [3.05, 3.63) is 12.2 Å². The highest BCUT2D eigenvalue weighted by atomic mass is 16.1. The molecule has 2 N–H and O–H groups in total. The fraction of sp³-hybridized carbons (Fsp3) is 0.833. The van der Waals surface area contributed by atoms with Crippen molar-refractivity contribution in [3.63, 3.8) is 0 Å². The van der Waals surface area contributed by atoms with Crippen LogP contribution in [0, 0.1) is 0 Å². The molecule has 0 aliphatic carbocycles. The van der Waals surface area contributed by atoms with Gasteiger partial charge in [-0.2, -0.15) is 0 Å². The molecule has 0 unspecified atom stereocenters. The largest absolute Gasteiger partial charge is 0.370 e. The molecule has 0 heterocycles. The Labute approximate surface area is 126 Å². The molecule has 20 heavy (non-hydrogen) atoms. The third-order valence-corrected chi connectivity index (χ3v) is 3.68. The quantitative estimate of drug-likeness (QED) is 0.312. The van der Waals surface area contributed by atoms with Gasteiger partial charge in [-0.15, -0.1) is 0 Å². The van der Waals surface area contributed by atoms with Crippen LogP contribution in [-0.2, 0) is 4.79 Å². The van der Waals surface area contributed by atoms with Crippen LogP contribution < -0.4 is 5.73 Å². The number of nitrogens with two attached hydrogens (primary N) is 1. The molecule has 0 spiro atoms. The van der Waals surface area contributed by atoms with E-state index in [1.807, 2.05) is 0 Å². The van der Waals surface area contributed by atoms with E-state index < -0.39 is 0 Å². The Kier molecular flexibility index (Phi) is 15.6. The van der Waals surface area contributed by atoms with Crippen LogP contribution in [0.3, 0.4) is 0 Å². The number of unbranched alkanes of at least 4 members (excludes halogenated alkanes) is 11. The predicted molar refractivity (Wildman–Crippen MR) is 88.6 cm³/mol. The van der Waals surface area contributed by atoms with Gasteiger partial charge in [-0.1, -0.05) is 70.4 Å². The molecule has 0 saturated carbocycles. The standard InChI is InChI=1S/C18H35NO/c1-2-3-4-5-6-7-8-9-10-11-12-13-14-15-16-17-18(19)20/h10-11H,2-9,12-17H2,1H3,(H2,19,20)/b11-10+. The second-order valence-electron chi connectivity index (χ2n) is 5.80. The van der Waals surface area contributed by atoms with E-state index in [1.165, 1.54) is 70.6 Å². The summed E-state index contributed by atoms with van der Waals surface area (Å²) in [6.07, 6.45) is 21.9. The highest BCUT2D eigenvalue weighted by Gasteiger charge is 1.93. The van der Waals surface area contributed by atoms with Crippen LogP contribution in [0.2, 0.25) is 0 Å². The minimum Gasteiger partial charge on any atom is -0.370 e. The second kappa shape index (κ2) is 16.3. The van der Waals surface area contributed by atoms with Crippen molar-refractivity contribution in [2.45, 2.75) is 96.8 Å². The number of primary amides is 1. The molecule has 0 aromatic carbocycles. The molecular formula is C18H35NO. The van der Waals surface area contributed by atoms with Crippen molar-refractivity contribution in [3.8, 4) is 0 Å². The van der Waals surface area contributed by atoms with E-state index >= 15 is 0 Å². The minimum atomic E-state index is -0.167. The lowest BCUT2D eigenvalue weighted by molar-refractivity contribution is -0.118. The van der Waals surface area contributed by atoms with E-state index in [-0.39, 0.29) is 5.91 Å². The summed E-state index contributed by atoms with van der Waals surface area (Å²) in [5.74, 6) is -0.167. The lowest BCUT2D eigenvalue weighted by Gasteiger charge is -1.99. The summed E-state index contributed by atoms with van der Waals surface area (Å²) in [6, 6.07) is 0. The van der Waals surface area contributed by atoms with Crippen LogP contribution in [0.4, 0.5) is 0 Å². The van der Waals surface area contributed by atoms with E-state index in [4.69, 9.17) is 5.73 Å². The highest BCUT2D eigenvalue weighted by molar-refractivity contribution is 5.73. The third-order valence-electron chi connectivity index (χ3n) is 3.68. The van der Waals surface area contributed by atoms with Crippen molar-refractivity contribution >= 4 is 5.91 Å². The topological polar surface area (TPSA) is 43.1 Å². The molecule has 0 fully saturated rings. The Morgan fingerprint density at radius 3 is 1.70 bits per heavy atom. The number of rotatable bonds is 15. The van der Waals surface area contributed by atoms with Crippen LogP contribution >= 0.6 is 0 Å². The summed E-state index contributed by atoms with van der Waals surface area (Å²) < 4.78 is 0. The van der Waals surface area contributed by atoms with Crippen LogP contribution in [0.5, 0.6) is 0 Å². The van der Waals surface area contributed by atoms with Crippen molar-refractivity contribution in [1.29, 1.82) is 0 Å². The molecule has 0 saturated heterocycles. The summed E-state index contributed by atoms with van der Waals surface area (Å²) in [5, 5.41) is 0. The number of amides is 1. The molecule has 0 aromatic rings. The van der Waals surface area contributed by atoms with Gasteiger partial charge in [0.1, 0.15) is 0 Å². The summed E-state index contributed by atoms with van der Waals surface area (Å²) in [5.41, 5.74) is 5.10. The lowest BCUT2D eigenvalue weighted by Crippen LogP contribution is -2.09. The summed E-state index contributed by atoms with van der Waals surface area (Å²) in [7, 11) is 0. The van der Waals surface area contributed by atoms with Gasteiger partial charge in [-0.3, -0.25) is 4.79 Å². The van der Waals surface area contributed by atoms with Crippen LogP contribution in [0.1, 0.15) is 96.8 Å². The molecule has 0 aliphatic heterocycles. The number of carbonyl (C=O) groups is 1. The van der Waals surface area contributed by atoms with E-state index in [0.717, 1.165) is 12.8 Å². The average Bonchev–Trinajstić information content (AvgIpc) is 2.43. The first-order valence-electron chi connectivity index (χ1n) is 8.70. The highest BCUT2D eigenvalue weighted by Crippen LogP contribution is 2.09. The summed E-state index contributed by atoms with van der Waals surface area (Å²) in [4.78, 5) is 10.5. The Balaban J connectivity index is 3.07. The first-order chi connectivity index (χ1) is 9.77. The third kappa shape index (κ3) is 17.2. The first-order valence-corrected chi connectivity index (χ1v) is 8.70. The first kappa shape index (κ1) is 19.2. The van der Waals surface area contributed by atoms with Gasteiger partial charge < -0.3 is 5.73 Å². The van der Waals surface area contributed by atoms with Gasteiger partial charge >= 0.3 is 0 Å². The van der Waals surface area contributed by atoms with Gasteiger partial charge in [-0.05, 0) is 32.1 Å². The van der Waals surface area contributed by atoms with Gasteiger partial charge in [0.15, 0.2) is 0 Å². The van der Waals surface area contributed by atoms with Gasteiger partial charge in [-0.25, -0.2) is 0 Å². The molecular weight excluding hydrogens is 246 g/mol. The van der Waals surface area contributed by atoms with Crippen LogP contribution in [0.15, 0.2) is 12.2 Å².